The smallest absolute Gasteiger partial charge is 0.122 e. The van der Waals surface area contributed by atoms with E-state index in [0.717, 1.165) is 18.6 Å². The fraction of sp³-hybridized carbons (Fsp3) is 0.500. The molecule has 132 valence electrons. The molecule has 2 atom stereocenters. The molecule has 24 heavy (non-hydrogen) atoms. The molecule has 0 fully saturated rings. The minimum Gasteiger partial charge on any atom is -0.496 e. The Morgan fingerprint density at radius 2 is 2.12 bits per heavy atom. The highest BCUT2D eigenvalue weighted by Crippen LogP contribution is 2.35. The SMILES string of the molecule is Br.CCCN([C@H]1CCc2c(cccc2OC)C1)[C@@H](C)c1cccs1. The second-order valence-corrected chi connectivity index (χ2v) is 7.40. The van der Waals surface area contributed by atoms with Crippen LogP contribution in [0.3, 0.4) is 0 Å². The molecule has 1 aromatic heterocycles. The van der Waals surface area contributed by atoms with Gasteiger partial charge >= 0.3 is 0 Å². The van der Waals surface area contributed by atoms with Gasteiger partial charge in [0.25, 0.3) is 0 Å². The molecule has 2 nitrogen and oxygen atoms in total. The van der Waals surface area contributed by atoms with Gasteiger partial charge in [-0.15, -0.1) is 28.3 Å². The monoisotopic (exact) mass is 409 g/mol. The van der Waals surface area contributed by atoms with Gasteiger partial charge in [0, 0.05) is 17.0 Å². The third-order valence-corrected chi connectivity index (χ3v) is 6.08. The molecule has 0 spiro atoms. The molecule has 0 radical (unpaired) electrons. The molecule has 3 rings (SSSR count). The van der Waals surface area contributed by atoms with Crippen molar-refractivity contribution in [3.8, 4) is 5.75 Å². The number of rotatable bonds is 6. The topological polar surface area (TPSA) is 12.5 Å². The number of nitrogens with zero attached hydrogens (tertiary/aromatic N) is 1. The molecule has 1 aliphatic rings. The van der Waals surface area contributed by atoms with Gasteiger partial charge in [-0.1, -0.05) is 25.1 Å². The summed E-state index contributed by atoms with van der Waals surface area (Å²) in [6.45, 7) is 5.82. The first-order chi connectivity index (χ1) is 11.2. The van der Waals surface area contributed by atoms with Gasteiger partial charge in [0.2, 0.25) is 0 Å². The van der Waals surface area contributed by atoms with E-state index < -0.39 is 0 Å². The Morgan fingerprint density at radius 1 is 1.29 bits per heavy atom. The van der Waals surface area contributed by atoms with Crippen LogP contribution in [0.5, 0.6) is 5.75 Å². The Labute approximate surface area is 160 Å². The van der Waals surface area contributed by atoms with Gasteiger partial charge in [-0.05, 0) is 67.8 Å². The quantitative estimate of drug-likeness (QED) is 0.609. The summed E-state index contributed by atoms with van der Waals surface area (Å²) in [4.78, 5) is 4.20. The van der Waals surface area contributed by atoms with E-state index >= 15 is 0 Å². The van der Waals surface area contributed by atoms with Crippen LogP contribution in [0.4, 0.5) is 0 Å². The second kappa shape index (κ2) is 9.02. The second-order valence-electron chi connectivity index (χ2n) is 6.42. The van der Waals surface area contributed by atoms with Crippen LogP contribution in [-0.2, 0) is 12.8 Å². The van der Waals surface area contributed by atoms with Crippen LogP contribution in [0, 0.1) is 0 Å². The minimum absolute atomic E-state index is 0. The minimum atomic E-state index is 0. The van der Waals surface area contributed by atoms with Crippen LogP contribution in [0.15, 0.2) is 35.7 Å². The molecule has 0 unspecified atom stereocenters. The summed E-state index contributed by atoms with van der Waals surface area (Å²) in [5.74, 6) is 1.06. The number of fused-ring (bicyclic) bond motifs is 1. The number of ether oxygens (including phenoxy) is 1. The van der Waals surface area contributed by atoms with Crippen LogP contribution in [-0.4, -0.2) is 24.6 Å². The van der Waals surface area contributed by atoms with Crippen molar-refractivity contribution in [2.75, 3.05) is 13.7 Å². The number of thiophene rings is 1. The van der Waals surface area contributed by atoms with Crippen LogP contribution in [0.1, 0.15) is 48.7 Å². The molecule has 0 bridgehead atoms. The van der Waals surface area contributed by atoms with Gasteiger partial charge in [0.05, 0.1) is 7.11 Å². The van der Waals surface area contributed by atoms with Crippen molar-refractivity contribution in [1.82, 2.24) is 4.90 Å². The number of hydrogen-bond acceptors (Lipinski definition) is 3. The summed E-state index contributed by atoms with van der Waals surface area (Å²) >= 11 is 1.88. The lowest BCUT2D eigenvalue weighted by molar-refractivity contribution is 0.132. The van der Waals surface area contributed by atoms with E-state index in [1.165, 1.54) is 35.4 Å². The Morgan fingerprint density at radius 3 is 2.79 bits per heavy atom. The van der Waals surface area contributed by atoms with Crippen molar-refractivity contribution < 1.29 is 4.74 Å². The maximum atomic E-state index is 5.55. The highest BCUT2D eigenvalue weighted by atomic mass is 79.9. The van der Waals surface area contributed by atoms with E-state index in [9.17, 15) is 0 Å². The summed E-state index contributed by atoms with van der Waals surface area (Å²) in [6.07, 6.45) is 4.70. The highest BCUT2D eigenvalue weighted by Gasteiger charge is 2.29. The average molecular weight is 410 g/mol. The number of methoxy groups -OCH3 is 1. The Kier molecular flexibility index (Phi) is 7.33. The number of benzene rings is 1. The van der Waals surface area contributed by atoms with Gasteiger partial charge in [0.15, 0.2) is 0 Å². The largest absolute Gasteiger partial charge is 0.496 e. The van der Waals surface area contributed by atoms with E-state index in [0.29, 0.717) is 12.1 Å². The fourth-order valence-corrected chi connectivity index (χ4v) is 4.67. The van der Waals surface area contributed by atoms with Crippen LogP contribution >= 0.6 is 28.3 Å². The summed E-state index contributed by atoms with van der Waals surface area (Å²) < 4.78 is 5.55. The van der Waals surface area contributed by atoms with E-state index in [2.05, 4.69) is 54.5 Å². The van der Waals surface area contributed by atoms with Gasteiger partial charge < -0.3 is 4.74 Å². The van der Waals surface area contributed by atoms with Crippen LogP contribution in [0.25, 0.3) is 0 Å². The lowest BCUT2D eigenvalue weighted by Crippen LogP contribution is -2.41. The lowest BCUT2D eigenvalue weighted by atomic mass is 9.86. The van der Waals surface area contributed by atoms with Crippen molar-refractivity contribution in [3.63, 3.8) is 0 Å². The van der Waals surface area contributed by atoms with Crippen molar-refractivity contribution in [3.05, 3.63) is 51.7 Å². The molecular weight excluding hydrogens is 382 g/mol. The first kappa shape index (κ1) is 19.5. The summed E-state index contributed by atoms with van der Waals surface area (Å²) in [6, 6.07) is 12.1. The highest BCUT2D eigenvalue weighted by molar-refractivity contribution is 8.93. The Balaban J connectivity index is 0.00000208. The van der Waals surface area contributed by atoms with E-state index in [1.807, 2.05) is 11.3 Å². The van der Waals surface area contributed by atoms with E-state index in [-0.39, 0.29) is 17.0 Å². The van der Waals surface area contributed by atoms with Gasteiger partial charge in [-0.2, -0.15) is 0 Å². The zero-order chi connectivity index (χ0) is 16.2. The first-order valence-corrected chi connectivity index (χ1v) is 9.56. The van der Waals surface area contributed by atoms with Gasteiger partial charge in [-0.3, -0.25) is 4.90 Å². The van der Waals surface area contributed by atoms with Gasteiger partial charge in [-0.25, -0.2) is 0 Å². The van der Waals surface area contributed by atoms with Crippen LogP contribution < -0.4 is 4.74 Å². The molecule has 0 N–H and O–H groups in total. The van der Waals surface area contributed by atoms with Gasteiger partial charge in [0.1, 0.15) is 5.75 Å². The Hall–Kier alpha value is -0.840. The van der Waals surface area contributed by atoms with Crippen LogP contribution in [0.2, 0.25) is 0 Å². The molecule has 1 aliphatic carbocycles. The van der Waals surface area contributed by atoms with Crippen molar-refractivity contribution in [2.45, 2.75) is 51.6 Å². The third kappa shape index (κ3) is 4.04. The van der Waals surface area contributed by atoms with Crippen molar-refractivity contribution in [1.29, 1.82) is 0 Å². The van der Waals surface area contributed by atoms with Crippen molar-refractivity contribution in [2.24, 2.45) is 0 Å². The Bertz CT molecular complexity index is 629. The zero-order valence-electron chi connectivity index (χ0n) is 14.8. The summed E-state index contributed by atoms with van der Waals surface area (Å²) in [7, 11) is 1.78. The first-order valence-electron chi connectivity index (χ1n) is 8.68. The maximum Gasteiger partial charge on any atom is 0.122 e. The fourth-order valence-electron chi connectivity index (χ4n) is 3.87. The normalized spacial score (nSPS) is 17.9. The predicted octanol–water partition coefficient (Wildman–Crippen LogP) is 5.67. The molecule has 1 heterocycles. The lowest BCUT2D eigenvalue weighted by Gasteiger charge is -2.39. The number of hydrogen-bond donors (Lipinski definition) is 0. The van der Waals surface area contributed by atoms with E-state index in [1.54, 1.807) is 7.11 Å². The molecule has 0 amide bonds. The van der Waals surface area contributed by atoms with E-state index in [4.69, 9.17) is 4.74 Å². The van der Waals surface area contributed by atoms with Crippen molar-refractivity contribution >= 4 is 28.3 Å². The third-order valence-electron chi connectivity index (χ3n) is 5.04. The molecule has 1 aromatic carbocycles. The zero-order valence-corrected chi connectivity index (χ0v) is 17.4. The summed E-state index contributed by atoms with van der Waals surface area (Å²) in [5, 5.41) is 2.19. The molecular formula is C20H28BrNOS. The predicted molar refractivity (Wildman–Crippen MR) is 109 cm³/mol. The molecule has 0 saturated carbocycles. The molecule has 0 saturated heterocycles. The summed E-state index contributed by atoms with van der Waals surface area (Å²) in [5.41, 5.74) is 2.89. The molecule has 0 aliphatic heterocycles. The molecule has 4 heteroatoms. The molecule has 2 aromatic rings. The maximum absolute atomic E-state index is 5.55. The standard InChI is InChI=1S/C20H27NOS.BrH/c1-4-12-21(15(2)20-9-6-13-23-20)17-10-11-18-16(14-17)7-5-8-19(18)22-3;/h5-9,13,15,17H,4,10-12,14H2,1-3H3;1H/t15-,17-;/m0./s1. The number of halogens is 1. The average Bonchev–Trinajstić information content (AvgIpc) is 3.12.